The Balaban J connectivity index is 1.46. The number of rotatable bonds is 5. The first-order valence-corrected chi connectivity index (χ1v) is 11.1. The van der Waals surface area contributed by atoms with Crippen LogP contribution in [0.25, 0.3) is 11.4 Å². The van der Waals surface area contributed by atoms with E-state index in [2.05, 4.69) is 10.1 Å². The molecule has 6 heteroatoms. The zero-order chi connectivity index (χ0) is 21.9. The van der Waals surface area contributed by atoms with Gasteiger partial charge in [0.2, 0.25) is 17.6 Å². The van der Waals surface area contributed by atoms with E-state index in [0.29, 0.717) is 23.3 Å². The molecule has 160 valence electrons. The van der Waals surface area contributed by atoms with E-state index in [1.165, 1.54) is 0 Å². The highest BCUT2D eigenvalue weighted by Gasteiger charge is 2.38. The number of carbonyl (C=O) groups is 1. The Morgan fingerprint density at radius 1 is 0.969 bits per heavy atom. The van der Waals surface area contributed by atoms with Gasteiger partial charge in [-0.25, -0.2) is 0 Å². The molecule has 1 aliphatic heterocycles. The van der Waals surface area contributed by atoms with E-state index in [1.54, 1.807) is 12.1 Å². The van der Waals surface area contributed by atoms with Gasteiger partial charge in [-0.05, 0) is 36.1 Å². The lowest BCUT2D eigenvalue weighted by molar-refractivity contribution is -0.133. The topological polar surface area (TPSA) is 59.2 Å². The van der Waals surface area contributed by atoms with E-state index >= 15 is 0 Å². The fourth-order valence-corrected chi connectivity index (χ4v) is 4.53. The van der Waals surface area contributed by atoms with Crippen molar-refractivity contribution in [1.29, 1.82) is 0 Å². The third-order valence-corrected chi connectivity index (χ3v) is 6.09. The van der Waals surface area contributed by atoms with Crippen LogP contribution in [0.3, 0.4) is 0 Å². The molecule has 0 bridgehead atoms. The van der Waals surface area contributed by atoms with Gasteiger partial charge in [0.05, 0.1) is 5.92 Å². The van der Waals surface area contributed by atoms with Crippen molar-refractivity contribution in [2.45, 2.75) is 24.8 Å². The molecule has 0 aliphatic carbocycles. The van der Waals surface area contributed by atoms with Gasteiger partial charge in [0.25, 0.3) is 0 Å². The number of carbonyl (C=O) groups excluding carboxylic acids is 1. The van der Waals surface area contributed by atoms with Crippen LogP contribution in [0.5, 0.6) is 0 Å². The third-order valence-electron chi connectivity index (χ3n) is 5.86. The first-order chi connectivity index (χ1) is 15.7. The fourth-order valence-electron chi connectivity index (χ4n) is 4.34. The van der Waals surface area contributed by atoms with Crippen molar-refractivity contribution in [3.8, 4) is 11.4 Å². The van der Waals surface area contributed by atoms with Crippen LogP contribution in [0.4, 0.5) is 0 Å². The van der Waals surface area contributed by atoms with E-state index in [1.807, 2.05) is 77.7 Å². The van der Waals surface area contributed by atoms with Crippen LogP contribution < -0.4 is 0 Å². The van der Waals surface area contributed by atoms with Gasteiger partial charge in [-0.1, -0.05) is 89.6 Å². The summed E-state index contributed by atoms with van der Waals surface area (Å²) in [7, 11) is 0. The average Bonchev–Trinajstić information content (AvgIpc) is 3.50. The molecule has 0 saturated carbocycles. The van der Waals surface area contributed by atoms with Gasteiger partial charge in [0.1, 0.15) is 6.04 Å². The number of aromatic nitrogens is 2. The molecule has 0 N–H and O–H groups in total. The molecule has 4 aromatic rings. The van der Waals surface area contributed by atoms with E-state index in [4.69, 9.17) is 16.1 Å². The fraction of sp³-hybridized carbons (Fsp3) is 0.192. The quantitative estimate of drug-likeness (QED) is 0.386. The lowest BCUT2D eigenvalue weighted by Crippen LogP contribution is -2.35. The van der Waals surface area contributed by atoms with Crippen molar-refractivity contribution in [3.05, 3.63) is 107 Å². The number of halogens is 1. The highest BCUT2D eigenvalue weighted by Crippen LogP contribution is 2.37. The summed E-state index contributed by atoms with van der Waals surface area (Å²) < 4.78 is 5.62. The second kappa shape index (κ2) is 8.97. The molecule has 32 heavy (non-hydrogen) atoms. The Morgan fingerprint density at radius 2 is 1.66 bits per heavy atom. The van der Waals surface area contributed by atoms with Gasteiger partial charge >= 0.3 is 0 Å². The molecule has 5 rings (SSSR count). The van der Waals surface area contributed by atoms with E-state index in [0.717, 1.165) is 29.5 Å². The summed E-state index contributed by atoms with van der Waals surface area (Å²) in [5.41, 5.74) is 2.73. The second-order valence-corrected chi connectivity index (χ2v) is 8.35. The van der Waals surface area contributed by atoms with Gasteiger partial charge in [-0.2, -0.15) is 4.98 Å². The molecule has 1 saturated heterocycles. The summed E-state index contributed by atoms with van der Waals surface area (Å²) in [6.07, 6.45) is 1.68. The summed E-state index contributed by atoms with van der Waals surface area (Å²) in [5.74, 6) is 0.607. The Morgan fingerprint density at radius 3 is 2.31 bits per heavy atom. The van der Waals surface area contributed by atoms with Gasteiger partial charge in [0.15, 0.2) is 0 Å². The third kappa shape index (κ3) is 4.04. The molecule has 1 amide bonds. The predicted octanol–water partition coefficient (Wildman–Crippen LogP) is 5.89. The van der Waals surface area contributed by atoms with Crippen molar-refractivity contribution < 1.29 is 9.32 Å². The molecule has 5 nitrogen and oxygen atoms in total. The van der Waals surface area contributed by atoms with Crippen molar-refractivity contribution in [2.24, 2.45) is 0 Å². The summed E-state index contributed by atoms with van der Waals surface area (Å²) in [6.45, 7) is 0.661. The van der Waals surface area contributed by atoms with Gasteiger partial charge < -0.3 is 9.42 Å². The number of benzene rings is 3. The molecule has 1 fully saturated rings. The normalized spacial score (nSPS) is 15.9. The molecular weight excluding hydrogens is 422 g/mol. The van der Waals surface area contributed by atoms with E-state index in [9.17, 15) is 4.79 Å². The smallest absolute Gasteiger partial charge is 0.249 e. The lowest BCUT2D eigenvalue weighted by Gasteiger charge is -2.27. The second-order valence-electron chi connectivity index (χ2n) is 7.91. The summed E-state index contributed by atoms with van der Waals surface area (Å²) in [6, 6.07) is 26.9. The van der Waals surface area contributed by atoms with Crippen molar-refractivity contribution in [1.82, 2.24) is 15.0 Å². The van der Waals surface area contributed by atoms with Crippen LogP contribution in [0.15, 0.2) is 89.5 Å². The number of amides is 1. The van der Waals surface area contributed by atoms with Crippen molar-refractivity contribution in [2.75, 3.05) is 6.54 Å². The van der Waals surface area contributed by atoms with Gasteiger partial charge in [-0.15, -0.1) is 0 Å². The van der Waals surface area contributed by atoms with Crippen LogP contribution in [-0.2, 0) is 4.79 Å². The highest BCUT2D eigenvalue weighted by atomic mass is 35.5. The molecule has 1 aromatic heterocycles. The number of likely N-dealkylation sites (tertiary alicyclic amines) is 1. The number of hydrogen-bond donors (Lipinski definition) is 0. The molecule has 1 unspecified atom stereocenters. The largest absolute Gasteiger partial charge is 0.337 e. The molecule has 1 aliphatic rings. The minimum atomic E-state index is -0.381. The van der Waals surface area contributed by atoms with Crippen LogP contribution in [0, 0.1) is 0 Å². The van der Waals surface area contributed by atoms with Crippen molar-refractivity contribution >= 4 is 17.5 Å². The summed E-state index contributed by atoms with van der Waals surface area (Å²) in [4.78, 5) is 20.4. The van der Waals surface area contributed by atoms with E-state index in [-0.39, 0.29) is 17.9 Å². The van der Waals surface area contributed by atoms with Crippen LogP contribution >= 0.6 is 11.6 Å². The lowest BCUT2D eigenvalue weighted by atomic mass is 9.90. The van der Waals surface area contributed by atoms with Crippen LogP contribution in [0.1, 0.15) is 41.8 Å². The number of hydrogen-bond acceptors (Lipinski definition) is 4. The molecule has 0 spiro atoms. The Kier molecular flexibility index (Phi) is 5.73. The monoisotopic (exact) mass is 443 g/mol. The maximum absolute atomic E-state index is 13.9. The Bertz CT molecular complexity index is 1170. The van der Waals surface area contributed by atoms with Gasteiger partial charge in [0, 0.05) is 17.1 Å². The van der Waals surface area contributed by atoms with Crippen LogP contribution in [-0.4, -0.2) is 27.5 Å². The summed E-state index contributed by atoms with van der Waals surface area (Å²) >= 11 is 6.11. The maximum Gasteiger partial charge on any atom is 0.249 e. The maximum atomic E-state index is 13.9. The minimum absolute atomic E-state index is 0.0485. The first kappa shape index (κ1) is 20.5. The summed E-state index contributed by atoms with van der Waals surface area (Å²) in [5, 5.41) is 4.76. The number of nitrogens with zero attached hydrogens (tertiary/aromatic N) is 3. The average molecular weight is 444 g/mol. The molecule has 1 atom stereocenters. The molecule has 3 aromatic carbocycles. The van der Waals surface area contributed by atoms with Gasteiger partial charge in [-0.3, -0.25) is 4.79 Å². The molecular formula is C26H22ClN3O2. The Hall–Kier alpha value is -3.44. The first-order valence-electron chi connectivity index (χ1n) is 10.7. The molecule has 2 heterocycles. The predicted molar refractivity (Wildman–Crippen MR) is 123 cm³/mol. The zero-order valence-electron chi connectivity index (χ0n) is 17.4. The van der Waals surface area contributed by atoms with Crippen LogP contribution in [0.2, 0.25) is 5.02 Å². The van der Waals surface area contributed by atoms with Crippen molar-refractivity contribution in [3.63, 3.8) is 0 Å². The minimum Gasteiger partial charge on any atom is -0.337 e. The van der Waals surface area contributed by atoms with E-state index < -0.39 is 0 Å². The standard InChI is InChI=1S/C26H22ClN3O2/c27-21-14-7-13-20(17-21)24-28-25(32-29-24)22-15-8-16-30(22)26(31)23(18-9-3-1-4-10-18)19-11-5-2-6-12-19/h1-7,9-14,17,22-23H,8,15-16H2. The molecule has 0 radical (unpaired) electrons. The zero-order valence-corrected chi connectivity index (χ0v) is 18.2. The highest BCUT2D eigenvalue weighted by molar-refractivity contribution is 6.30. The SMILES string of the molecule is O=C(C(c1ccccc1)c1ccccc1)N1CCCC1c1nc(-c2cccc(Cl)c2)no1. The Labute approximate surface area is 191 Å².